The Labute approximate surface area is 50.1 Å². The zero-order valence-corrected chi connectivity index (χ0v) is 5.44. The Morgan fingerprint density at radius 2 is 2.38 bits per heavy atom. The van der Waals surface area contributed by atoms with Crippen LogP contribution >= 0.6 is 0 Å². The topological polar surface area (TPSA) is 36.2 Å². The highest BCUT2D eigenvalue weighted by Crippen LogP contribution is 1.88. The molecule has 0 rings (SSSR count). The second-order valence-electron chi connectivity index (χ2n) is 1.58. The van der Waals surface area contributed by atoms with Crippen LogP contribution in [0.5, 0.6) is 0 Å². The molecule has 2 nitrogen and oxygen atoms in total. The van der Waals surface area contributed by atoms with E-state index in [4.69, 9.17) is 5.41 Å². The lowest BCUT2D eigenvalue weighted by Gasteiger charge is -1.88. The van der Waals surface area contributed by atoms with Crippen molar-refractivity contribution in [2.45, 2.75) is 26.7 Å². The van der Waals surface area contributed by atoms with Gasteiger partial charge in [-0.05, 0) is 13.3 Å². The van der Waals surface area contributed by atoms with E-state index in [1.807, 2.05) is 13.8 Å². The monoisotopic (exact) mass is 112 g/mol. The first-order chi connectivity index (χ1) is 3.81. The standard InChI is InChI=1S/C6H12N2/c1-3-5-6(7)8-4-2/h4,7H,3,5H2,1-2H3. The van der Waals surface area contributed by atoms with Crippen molar-refractivity contribution < 1.29 is 0 Å². The van der Waals surface area contributed by atoms with Gasteiger partial charge in [-0.1, -0.05) is 6.92 Å². The fourth-order valence-corrected chi connectivity index (χ4v) is 0.457. The zero-order valence-electron chi connectivity index (χ0n) is 5.44. The van der Waals surface area contributed by atoms with E-state index in [2.05, 4.69) is 4.99 Å². The fourth-order valence-electron chi connectivity index (χ4n) is 0.457. The van der Waals surface area contributed by atoms with E-state index < -0.39 is 0 Å². The summed E-state index contributed by atoms with van der Waals surface area (Å²) in [4.78, 5) is 3.77. The van der Waals surface area contributed by atoms with Gasteiger partial charge < -0.3 is 0 Å². The molecule has 0 radical (unpaired) electrons. The van der Waals surface area contributed by atoms with E-state index in [-0.39, 0.29) is 0 Å². The molecule has 0 aromatic rings. The highest BCUT2D eigenvalue weighted by molar-refractivity contribution is 5.86. The van der Waals surface area contributed by atoms with Gasteiger partial charge in [-0.3, -0.25) is 5.41 Å². The zero-order chi connectivity index (χ0) is 6.41. The van der Waals surface area contributed by atoms with Crippen LogP contribution in [-0.4, -0.2) is 12.1 Å². The van der Waals surface area contributed by atoms with E-state index in [1.165, 1.54) is 0 Å². The van der Waals surface area contributed by atoms with Crippen LogP contribution in [0.25, 0.3) is 0 Å². The number of nitrogens with one attached hydrogen (secondary N) is 1. The average molecular weight is 112 g/mol. The van der Waals surface area contributed by atoms with Crippen LogP contribution in [0.15, 0.2) is 4.99 Å². The molecule has 0 aromatic carbocycles. The summed E-state index contributed by atoms with van der Waals surface area (Å²) in [5.41, 5.74) is 0. The smallest absolute Gasteiger partial charge is 0.119 e. The molecule has 0 saturated carbocycles. The highest BCUT2D eigenvalue weighted by Gasteiger charge is 1.85. The molecule has 1 N–H and O–H groups in total. The third-order valence-electron chi connectivity index (χ3n) is 0.772. The number of hydrogen-bond acceptors (Lipinski definition) is 1. The molecule has 0 spiro atoms. The molecule has 0 unspecified atom stereocenters. The van der Waals surface area contributed by atoms with E-state index in [9.17, 15) is 0 Å². The van der Waals surface area contributed by atoms with Crippen molar-refractivity contribution in [1.29, 1.82) is 5.41 Å². The van der Waals surface area contributed by atoms with Crippen molar-refractivity contribution in [3.63, 3.8) is 0 Å². The van der Waals surface area contributed by atoms with E-state index in [0.717, 1.165) is 12.8 Å². The molecule has 0 bridgehead atoms. The second-order valence-corrected chi connectivity index (χ2v) is 1.58. The van der Waals surface area contributed by atoms with Crippen molar-refractivity contribution in [1.82, 2.24) is 0 Å². The molecular weight excluding hydrogens is 100 g/mol. The Kier molecular flexibility index (Phi) is 4.13. The molecule has 0 saturated heterocycles. The van der Waals surface area contributed by atoms with Crippen LogP contribution in [0.3, 0.4) is 0 Å². The Balaban J connectivity index is 3.33. The number of rotatable bonds is 2. The summed E-state index contributed by atoms with van der Waals surface area (Å²) in [5, 5.41) is 7.09. The maximum atomic E-state index is 7.09. The van der Waals surface area contributed by atoms with Crippen molar-refractivity contribution in [3.05, 3.63) is 0 Å². The van der Waals surface area contributed by atoms with Crippen molar-refractivity contribution in [2.24, 2.45) is 4.99 Å². The van der Waals surface area contributed by atoms with Crippen LogP contribution in [0.1, 0.15) is 26.7 Å². The number of nitrogens with zero attached hydrogens (tertiary/aromatic N) is 1. The summed E-state index contributed by atoms with van der Waals surface area (Å²) in [6.45, 7) is 3.86. The lowest BCUT2D eigenvalue weighted by molar-refractivity contribution is 0.977. The third-order valence-corrected chi connectivity index (χ3v) is 0.772. The van der Waals surface area contributed by atoms with E-state index in [0.29, 0.717) is 5.84 Å². The summed E-state index contributed by atoms with van der Waals surface area (Å²) < 4.78 is 0. The Bertz CT molecular complexity index is 94.7. The Morgan fingerprint density at radius 3 is 2.75 bits per heavy atom. The summed E-state index contributed by atoms with van der Waals surface area (Å²) in [6, 6.07) is 0. The van der Waals surface area contributed by atoms with Gasteiger partial charge in [-0.15, -0.1) is 0 Å². The molecule has 2 heteroatoms. The number of hydrogen-bond donors (Lipinski definition) is 1. The molecule has 0 aromatic heterocycles. The van der Waals surface area contributed by atoms with Crippen molar-refractivity contribution in [2.75, 3.05) is 0 Å². The van der Waals surface area contributed by atoms with Gasteiger partial charge >= 0.3 is 0 Å². The molecule has 0 amide bonds. The fraction of sp³-hybridized carbons (Fsp3) is 0.667. The minimum Gasteiger partial charge on any atom is -0.287 e. The minimum absolute atomic E-state index is 0.481. The van der Waals surface area contributed by atoms with E-state index >= 15 is 0 Å². The Morgan fingerprint density at radius 1 is 1.75 bits per heavy atom. The predicted octanol–water partition coefficient (Wildman–Crippen LogP) is 1.85. The third kappa shape index (κ3) is 3.53. The molecule has 0 fully saturated rings. The lowest BCUT2D eigenvalue weighted by atomic mass is 10.3. The van der Waals surface area contributed by atoms with Gasteiger partial charge in [0.1, 0.15) is 5.84 Å². The molecule has 0 aliphatic carbocycles. The molecule has 0 aliphatic heterocycles. The SMILES string of the molecule is CC=NC(=N)CCC. The summed E-state index contributed by atoms with van der Waals surface area (Å²) in [5.74, 6) is 0.481. The van der Waals surface area contributed by atoms with Crippen molar-refractivity contribution in [3.8, 4) is 0 Å². The van der Waals surface area contributed by atoms with Gasteiger partial charge in [0.05, 0.1) is 0 Å². The molecule has 0 heterocycles. The summed E-state index contributed by atoms with van der Waals surface area (Å²) in [6.07, 6.45) is 3.46. The largest absolute Gasteiger partial charge is 0.287 e. The lowest BCUT2D eigenvalue weighted by Crippen LogP contribution is -1.88. The van der Waals surface area contributed by atoms with Crippen LogP contribution in [0.2, 0.25) is 0 Å². The number of amidine groups is 1. The molecular formula is C6H12N2. The molecule has 0 atom stereocenters. The van der Waals surface area contributed by atoms with Crippen LogP contribution in [0.4, 0.5) is 0 Å². The van der Waals surface area contributed by atoms with Crippen LogP contribution in [0, 0.1) is 5.41 Å². The molecule has 0 aliphatic rings. The normalized spacial score (nSPS) is 10.2. The second kappa shape index (κ2) is 4.50. The summed E-state index contributed by atoms with van der Waals surface area (Å²) >= 11 is 0. The predicted molar refractivity (Wildman–Crippen MR) is 36.8 cm³/mol. The van der Waals surface area contributed by atoms with Crippen molar-refractivity contribution >= 4 is 12.1 Å². The van der Waals surface area contributed by atoms with Gasteiger partial charge in [0.25, 0.3) is 0 Å². The van der Waals surface area contributed by atoms with E-state index in [1.54, 1.807) is 6.21 Å². The molecule has 8 heavy (non-hydrogen) atoms. The summed E-state index contributed by atoms with van der Waals surface area (Å²) in [7, 11) is 0. The maximum absolute atomic E-state index is 7.09. The Hall–Kier alpha value is -0.660. The first kappa shape index (κ1) is 7.34. The first-order valence-electron chi connectivity index (χ1n) is 2.87. The number of aliphatic imine (C=N–C) groups is 1. The quantitative estimate of drug-likeness (QED) is 0.418. The first-order valence-corrected chi connectivity index (χ1v) is 2.87. The van der Waals surface area contributed by atoms with Gasteiger partial charge in [-0.25, -0.2) is 4.99 Å². The van der Waals surface area contributed by atoms with Gasteiger partial charge in [0, 0.05) is 12.6 Å². The van der Waals surface area contributed by atoms with Gasteiger partial charge in [-0.2, -0.15) is 0 Å². The van der Waals surface area contributed by atoms with Crippen LogP contribution < -0.4 is 0 Å². The molecule has 46 valence electrons. The average Bonchev–Trinajstić information content (AvgIpc) is 1.68. The maximum Gasteiger partial charge on any atom is 0.119 e. The van der Waals surface area contributed by atoms with Gasteiger partial charge in [0.2, 0.25) is 0 Å². The van der Waals surface area contributed by atoms with Gasteiger partial charge in [0.15, 0.2) is 0 Å². The minimum atomic E-state index is 0.481. The van der Waals surface area contributed by atoms with Crippen LogP contribution in [-0.2, 0) is 0 Å². The highest BCUT2D eigenvalue weighted by atomic mass is 14.8.